The van der Waals surface area contributed by atoms with E-state index in [1.54, 1.807) is 19.1 Å². The fourth-order valence-electron chi connectivity index (χ4n) is 4.48. The lowest BCUT2D eigenvalue weighted by molar-refractivity contribution is -0.121. The molecule has 2 unspecified atom stereocenters. The van der Waals surface area contributed by atoms with Crippen LogP contribution in [0.3, 0.4) is 0 Å². The molecule has 1 fully saturated rings. The van der Waals surface area contributed by atoms with Gasteiger partial charge in [-0.2, -0.15) is 4.31 Å². The number of piperidine rings is 1. The van der Waals surface area contributed by atoms with Crippen LogP contribution in [0.25, 0.3) is 10.2 Å². The number of hydrogen-bond acceptors (Lipinski definition) is 6. The van der Waals surface area contributed by atoms with Crippen molar-refractivity contribution in [1.29, 1.82) is 0 Å². The largest absolute Gasteiger partial charge is 0.350 e. The van der Waals surface area contributed by atoms with E-state index in [2.05, 4.69) is 10.3 Å². The Morgan fingerprint density at radius 3 is 2.50 bits per heavy atom. The van der Waals surface area contributed by atoms with E-state index < -0.39 is 21.5 Å². The summed E-state index contributed by atoms with van der Waals surface area (Å²) in [7, 11) is -3.90. The number of rotatable bonds is 6. The van der Waals surface area contributed by atoms with E-state index in [1.807, 2.05) is 13.8 Å². The van der Waals surface area contributed by atoms with Gasteiger partial charge >= 0.3 is 0 Å². The summed E-state index contributed by atoms with van der Waals surface area (Å²) < 4.78 is 42.8. The maximum atomic E-state index is 13.6. The predicted octanol–water partition coefficient (Wildman–Crippen LogP) is 2.89. The first-order chi connectivity index (χ1) is 16.1. The molecule has 8 nitrogen and oxygen atoms in total. The summed E-state index contributed by atoms with van der Waals surface area (Å²) in [5, 5.41) is 2.71. The van der Waals surface area contributed by atoms with Gasteiger partial charge in [-0.1, -0.05) is 26.0 Å². The van der Waals surface area contributed by atoms with Crippen molar-refractivity contribution < 1.29 is 17.6 Å². The minimum Gasteiger partial charge on any atom is -0.350 e. The molecule has 1 aromatic carbocycles. The van der Waals surface area contributed by atoms with Crippen LogP contribution in [-0.2, 0) is 27.9 Å². The summed E-state index contributed by atoms with van der Waals surface area (Å²) in [5.74, 6) is -0.361. The molecule has 0 saturated carbocycles. The number of hydrogen-bond donors (Lipinski definition) is 1. The summed E-state index contributed by atoms with van der Waals surface area (Å²) in [4.78, 5) is 30.8. The van der Waals surface area contributed by atoms with Gasteiger partial charge in [0.15, 0.2) is 0 Å². The molecule has 34 heavy (non-hydrogen) atoms. The number of sulfonamides is 1. The number of aromatic nitrogens is 2. The van der Waals surface area contributed by atoms with Crippen molar-refractivity contribution in [3.63, 3.8) is 0 Å². The highest BCUT2D eigenvalue weighted by molar-refractivity contribution is 7.89. The Labute approximate surface area is 201 Å². The van der Waals surface area contributed by atoms with Crippen LogP contribution in [0.5, 0.6) is 0 Å². The van der Waals surface area contributed by atoms with Gasteiger partial charge in [0.2, 0.25) is 15.9 Å². The molecule has 2 atom stereocenters. The fraction of sp³-hybridized carbons (Fsp3) is 0.435. The zero-order valence-corrected chi connectivity index (χ0v) is 20.9. The molecular weight excluding hydrogens is 479 g/mol. The zero-order chi connectivity index (χ0) is 24.6. The molecule has 2 aromatic heterocycles. The van der Waals surface area contributed by atoms with Gasteiger partial charge in [0.25, 0.3) is 5.56 Å². The van der Waals surface area contributed by atoms with Crippen molar-refractivity contribution in [1.82, 2.24) is 19.2 Å². The number of thiophene rings is 1. The van der Waals surface area contributed by atoms with Crippen molar-refractivity contribution in [2.45, 2.75) is 45.2 Å². The second kappa shape index (κ2) is 9.55. The lowest BCUT2D eigenvalue weighted by atomic mass is 9.94. The highest BCUT2D eigenvalue weighted by atomic mass is 32.2. The summed E-state index contributed by atoms with van der Waals surface area (Å²) >= 11 is 1.16. The number of amides is 1. The maximum Gasteiger partial charge on any atom is 0.263 e. The molecule has 1 aliphatic rings. The Hall–Kier alpha value is -2.63. The van der Waals surface area contributed by atoms with Crippen molar-refractivity contribution in [2.75, 3.05) is 13.1 Å². The third kappa shape index (κ3) is 4.91. The molecule has 4 rings (SSSR count). The maximum absolute atomic E-state index is 13.6. The van der Waals surface area contributed by atoms with E-state index >= 15 is 0 Å². The molecule has 3 heterocycles. The molecule has 11 heteroatoms. The SMILES string of the molecule is Cc1sc2ncn(CC(=O)NCc3ccc(F)cc3)c(=O)c2c1S(=O)(=O)N1CC(C)CC(C)C1. The lowest BCUT2D eigenvalue weighted by Gasteiger charge is -2.34. The minimum absolute atomic E-state index is 0.00706. The van der Waals surface area contributed by atoms with Crippen LogP contribution in [0.15, 0.2) is 40.3 Å². The molecule has 0 aliphatic carbocycles. The molecule has 3 aromatic rings. The third-order valence-corrected chi connectivity index (χ3v) is 9.10. The lowest BCUT2D eigenvalue weighted by Crippen LogP contribution is -2.43. The Balaban J connectivity index is 1.62. The number of carbonyl (C=O) groups is 1. The van der Waals surface area contributed by atoms with Crippen molar-refractivity contribution >= 4 is 37.5 Å². The fourth-order valence-corrected chi connectivity index (χ4v) is 7.83. The van der Waals surface area contributed by atoms with Crippen LogP contribution >= 0.6 is 11.3 Å². The Morgan fingerprint density at radius 1 is 1.21 bits per heavy atom. The number of nitrogens with zero attached hydrogens (tertiary/aromatic N) is 3. The smallest absolute Gasteiger partial charge is 0.263 e. The number of carbonyl (C=O) groups excluding carboxylic acids is 1. The van der Waals surface area contributed by atoms with Gasteiger partial charge in [0, 0.05) is 24.5 Å². The normalized spacial score (nSPS) is 19.4. The van der Waals surface area contributed by atoms with Gasteiger partial charge in [-0.25, -0.2) is 17.8 Å². The van der Waals surface area contributed by atoms with E-state index in [1.165, 1.54) is 22.8 Å². The van der Waals surface area contributed by atoms with Gasteiger partial charge in [0.1, 0.15) is 22.1 Å². The molecule has 0 bridgehead atoms. The van der Waals surface area contributed by atoms with Crippen LogP contribution in [0.2, 0.25) is 0 Å². The first kappa shape index (κ1) is 24.5. The number of nitrogens with one attached hydrogen (secondary N) is 1. The van der Waals surface area contributed by atoms with Gasteiger partial charge < -0.3 is 5.32 Å². The van der Waals surface area contributed by atoms with Crippen molar-refractivity contribution in [3.8, 4) is 0 Å². The Morgan fingerprint density at radius 2 is 1.85 bits per heavy atom. The Kier molecular flexibility index (Phi) is 6.88. The van der Waals surface area contributed by atoms with E-state index in [0.29, 0.717) is 28.4 Å². The van der Waals surface area contributed by atoms with Gasteiger partial charge in [-0.15, -0.1) is 11.3 Å². The van der Waals surface area contributed by atoms with Crippen molar-refractivity contribution in [3.05, 3.63) is 57.2 Å². The average molecular weight is 507 g/mol. The molecular formula is C23H27FN4O4S2. The second-order valence-electron chi connectivity index (χ2n) is 9.02. The standard InChI is InChI=1S/C23H27FN4O4S2/c1-14-8-15(2)11-28(10-14)34(31,32)21-16(3)33-22-20(21)23(30)27(13-26-22)12-19(29)25-9-17-4-6-18(24)7-5-17/h4-7,13-15H,8-12H2,1-3H3,(H,25,29). The molecule has 1 N–H and O–H groups in total. The molecule has 0 radical (unpaired) electrons. The van der Waals surface area contributed by atoms with Crippen LogP contribution in [-0.4, -0.2) is 41.3 Å². The molecule has 1 amide bonds. The minimum atomic E-state index is -3.90. The third-order valence-electron chi connectivity index (χ3n) is 5.95. The molecule has 1 saturated heterocycles. The highest BCUT2D eigenvalue weighted by Crippen LogP contribution is 2.35. The van der Waals surface area contributed by atoms with Crippen LogP contribution in [0, 0.1) is 24.6 Å². The highest BCUT2D eigenvalue weighted by Gasteiger charge is 2.35. The van der Waals surface area contributed by atoms with Gasteiger partial charge in [-0.3, -0.25) is 14.2 Å². The average Bonchev–Trinajstić information content (AvgIpc) is 3.12. The van der Waals surface area contributed by atoms with Crippen LogP contribution in [0.1, 0.15) is 30.7 Å². The summed E-state index contributed by atoms with van der Waals surface area (Å²) in [5.41, 5.74) is 0.144. The van der Waals surface area contributed by atoms with E-state index in [9.17, 15) is 22.4 Å². The quantitative estimate of drug-likeness (QED) is 0.554. The Bertz CT molecular complexity index is 1370. The van der Waals surface area contributed by atoms with Crippen LogP contribution < -0.4 is 10.9 Å². The van der Waals surface area contributed by atoms with E-state index in [4.69, 9.17) is 0 Å². The second-order valence-corrected chi connectivity index (χ2v) is 12.1. The number of fused-ring (bicyclic) bond motifs is 1. The monoisotopic (exact) mass is 506 g/mol. The number of benzene rings is 1. The number of aryl methyl sites for hydroxylation is 1. The van der Waals surface area contributed by atoms with Crippen LogP contribution in [0.4, 0.5) is 4.39 Å². The van der Waals surface area contributed by atoms with Gasteiger partial charge in [0.05, 0.1) is 11.7 Å². The topological polar surface area (TPSA) is 101 Å². The molecule has 0 spiro atoms. The zero-order valence-electron chi connectivity index (χ0n) is 19.2. The molecule has 182 valence electrons. The number of halogens is 1. The van der Waals surface area contributed by atoms with Gasteiger partial charge in [-0.05, 0) is 42.9 Å². The summed E-state index contributed by atoms with van der Waals surface area (Å²) in [6.45, 7) is 6.40. The summed E-state index contributed by atoms with van der Waals surface area (Å²) in [6, 6.07) is 5.72. The predicted molar refractivity (Wildman–Crippen MR) is 129 cm³/mol. The first-order valence-corrected chi connectivity index (χ1v) is 13.3. The summed E-state index contributed by atoms with van der Waals surface area (Å²) in [6.07, 6.45) is 2.22. The van der Waals surface area contributed by atoms with E-state index in [-0.39, 0.29) is 41.0 Å². The first-order valence-electron chi connectivity index (χ1n) is 11.1. The molecule has 1 aliphatic heterocycles. The van der Waals surface area contributed by atoms with Crippen molar-refractivity contribution in [2.24, 2.45) is 11.8 Å². The van der Waals surface area contributed by atoms with E-state index in [0.717, 1.165) is 22.3 Å².